The number of hydrogen-bond acceptors (Lipinski definition) is 10. The highest BCUT2D eigenvalue weighted by atomic mass is 16.6. The molecule has 13 heteroatoms. The molecule has 1 aliphatic rings. The van der Waals surface area contributed by atoms with Crippen molar-refractivity contribution < 1.29 is 9.66 Å². The van der Waals surface area contributed by atoms with E-state index in [9.17, 15) is 20.6 Å². The predicted octanol–water partition coefficient (Wildman–Crippen LogP) is 2.52. The number of nitrogens with one attached hydrogen (secondary N) is 1. The number of hydrogen-bond donors (Lipinski definition) is 2. The Balaban J connectivity index is 1.82. The molecule has 3 aromatic heterocycles. The highest BCUT2D eigenvalue weighted by Gasteiger charge is 2.38. The molecule has 0 amide bonds. The van der Waals surface area contributed by atoms with Gasteiger partial charge in [-0.1, -0.05) is 12.1 Å². The minimum Gasteiger partial charge on any atom is -0.418 e. The molecule has 4 aromatic rings. The van der Waals surface area contributed by atoms with Crippen molar-refractivity contribution in [3.63, 3.8) is 0 Å². The van der Waals surface area contributed by atoms with E-state index in [4.69, 9.17) is 10.5 Å². The zero-order valence-electron chi connectivity index (χ0n) is 17.8. The number of non-ortho nitro benzene ring substituents is 1. The third-order valence-corrected chi connectivity index (χ3v) is 5.51. The fraction of sp³-hybridized carbons (Fsp3) is 0.143. The molecule has 0 saturated carbocycles. The SMILES string of the molecule is Cc1nc2c(c(-n3nc(C#N)c(C#N)c3N)n1)C(c1ccc([N+](=O)[O-])cc1)c1c(n[nH]c1C)O2. The summed E-state index contributed by atoms with van der Waals surface area (Å²) in [7, 11) is 0. The zero-order chi connectivity index (χ0) is 24.1. The number of H-pyrrole nitrogens is 1. The first-order valence-electron chi connectivity index (χ1n) is 9.88. The van der Waals surface area contributed by atoms with E-state index >= 15 is 0 Å². The number of nitrogens with two attached hydrogens (primary N) is 1. The minimum absolute atomic E-state index is 0.0588. The molecule has 3 N–H and O–H groups in total. The monoisotopic (exact) mass is 454 g/mol. The lowest BCUT2D eigenvalue weighted by atomic mass is 9.84. The van der Waals surface area contributed by atoms with Crippen LogP contribution >= 0.6 is 0 Å². The van der Waals surface area contributed by atoms with Crippen molar-refractivity contribution in [1.82, 2.24) is 29.9 Å². The third-order valence-electron chi connectivity index (χ3n) is 5.51. The van der Waals surface area contributed by atoms with Gasteiger partial charge in [0.05, 0.1) is 16.4 Å². The summed E-state index contributed by atoms with van der Waals surface area (Å²) in [6.45, 7) is 3.46. The van der Waals surface area contributed by atoms with Gasteiger partial charge in [-0.3, -0.25) is 15.2 Å². The predicted molar refractivity (Wildman–Crippen MR) is 115 cm³/mol. The van der Waals surface area contributed by atoms with E-state index in [0.717, 1.165) is 0 Å². The molecule has 0 bridgehead atoms. The number of aromatic amines is 1. The molecule has 1 aliphatic heterocycles. The lowest BCUT2D eigenvalue weighted by Gasteiger charge is -2.27. The summed E-state index contributed by atoms with van der Waals surface area (Å²) in [5, 5.41) is 41.4. The van der Waals surface area contributed by atoms with Crippen molar-refractivity contribution >= 4 is 11.5 Å². The number of ether oxygens (including phenoxy) is 1. The van der Waals surface area contributed by atoms with E-state index in [2.05, 4.69) is 25.3 Å². The molecule has 34 heavy (non-hydrogen) atoms. The van der Waals surface area contributed by atoms with E-state index in [0.29, 0.717) is 34.1 Å². The smallest absolute Gasteiger partial charge is 0.269 e. The summed E-state index contributed by atoms with van der Waals surface area (Å²) in [6.07, 6.45) is 0. The van der Waals surface area contributed by atoms with Gasteiger partial charge in [-0.2, -0.15) is 25.3 Å². The van der Waals surface area contributed by atoms with Crippen LogP contribution in [0, 0.1) is 46.6 Å². The molecule has 13 nitrogen and oxygen atoms in total. The van der Waals surface area contributed by atoms with Crippen LogP contribution in [0.3, 0.4) is 0 Å². The third kappa shape index (κ3) is 2.92. The Morgan fingerprint density at radius 1 is 1.15 bits per heavy atom. The molecule has 1 unspecified atom stereocenters. The first-order chi connectivity index (χ1) is 16.3. The van der Waals surface area contributed by atoms with Gasteiger partial charge in [0.1, 0.15) is 29.3 Å². The summed E-state index contributed by atoms with van der Waals surface area (Å²) in [4.78, 5) is 19.6. The molecule has 166 valence electrons. The maximum Gasteiger partial charge on any atom is 0.269 e. The van der Waals surface area contributed by atoms with Crippen LogP contribution < -0.4 is 10.5 Å². The Bertz CT molecular complexity index is 1570. The van der Waals surface area contributed by atoms with Crippen molar-refractivity contribution in [1.29, 1.82) is 10.5 Å². The Kier molecular flexibility index (Phi) is 4.47. The minimum atomic E-state index is -0.562. The molecule has 0 saturated heterocycles. The van der Waals surface area contributed by atoms with Gasteiger partial charge in [0.15, 0.2) is 11.5 Å². The first kappa shape index (κ1) is 20.6. The number of nitro benzene ring substituents is 1. The molecule has 1 atom stereocenters. The number of fused-ring (bicyclic) bond motifs is 2. The number of nitriles is 2. The topological polar surface area (TPSA) is 198 Å². The van der Waals surface area contributed by atoms with Crippen LogP contribution in [0.25, 0.3) is 5.82 Å². The van der Waals surface area contributed by atoms with Gasteiger partial charge in [-0.05, 0) is 19.4 Å². The number of rotatable bonds is 3. The molecular formula is C21H14N10O3. The van der Waals surface area contributed by atoms with E-state index in [1.807, 2.05) is 19.1 Å². The number of nitrogen functional groups attached to an aromatic ring is 1. The number of nitrogens with zero attached hydrogens (tertiary/aromatic N) is 8. The number of benzene rings is 1. The highest BCUT2D eigenvalue weighted by molar-refractivity contribution is 5.64. The molecule has 0 fully saturated rings. The second-order valence-electron chi connectivity index (χ2n) is 7.51. The van der Waals surface area contributed by atoms with Crippen LogP contribution in [0.15, 0.2) is 24.3 Å². The van der Waals surface area contributed by atoms with Gasteiger partial charge in [-0.25, -0.2) is 4.98 Å². The summed E-state index contributed by atoms with van der Waals surface area (Å²) in [5.74, 6) is 0.426. The van der Waals surface area contributed by atoms with Gasteiger partial charge < -0.3 is 10.5 Å². The summed E-state index contributed by atoms with van der Waals surface area (Å²) in [6, 6.07) is 9.82. The van der Waals surface area contributed by atoms with Gasteiger partial charge >= 0.3 is 0 Å². The second kappa shape index (κ2) is 7.39. The first-order valence-corrected chi connectivity index (χ1v) is 9.88. The number of aryl methyl sites for hydroxylation is 2. The van der Waals surface area contributed by atoms with E-state index in [-0.39, 0.29) is 34.5 Å². The normalized spacial score (nSPS) is 13.8. The lowest BCUT2D eigenvalue weighted by molar-refractivity contribution is -0.384. The van der Waals surface area contributed by atoms with Gasteiger partial charge in [0.2, 0.25) is 11.8 Å². The van der Waals surface area contributed by atoms with E-state index < -0.39 is 10.8 Å². The molecule has 0 spiro atoms. The Hall–Kier alpha value is -5.30. The quantitative estimate of drug-likeness (QED) is 0.301. The van der Waals surface area contributed by atoms with Crippen molar-refractivity contribution in [2.24, 2.45) is 0 Å². The van der Waals surface area contributed by atoms with Crippen LogP contribution in [-0.2, 0) is 0 Å². The van der Waals surface area contributed by atoms with E-state index in [1.54, 1.807) is 19.1 Å². The molecule has 0 radical (unpaired) electrons. The van der Waals surface area contributed by atoms with Crippen LogP contribution in [-0.4, -0.2) is 34.9 Å². The highest BCUT2D eigenvalue weighted by Crippen LogP contribution is 2.49. The molecule has 5 rings (SSSR count). The van der Waals surface area contributed by atoms with Crippen molar-refractivity contribution in [3.05, 3.63) is 73.8 Å². The maximum absolute atomic E-state index is 11.2. The Morgan fingerprint density at radius 3 is 2.50 bits per heavy atom. The van der Waals surface area contributed by atoms with Crippen molar-refractivity contribution in [3.8, 4) is 29.7 Å². The summed E-state index contributed by atoms with van der Waals surface area (Å²) < 4.78 is 7.19. The van der Waals surface area contributed by atoms with Crippen LogP contribution in [0.4, 0.5) is 11.5 Å². The molecular weight excluding hydrogens is 440 g/mol. The van der Waals surface area contributed by atoms with Gasteiger partial charge in [0, 0.05) is 23.4 Å². The Labute approximate surface area is 191 Å². The number of aromatic nitrogens is 6. The van der Waals surface area contributed by atoms with Gasteiger partial charge in [-0.15, -0.1) is 5.10 Å². The number of nitro groups is 1. The fourth-order valence-electron chi connectivity index (χ4n) is 4.01. The fourth-order valence-corrected chi connectivity index (χ4v) is 4.01. The zero-order valence-corrected chi connectivity index (χ0v) is 17.8. The second-order valence-corrected chi connectivity index (χ2v) is 7.51. The van der Waals surface area contributed by atoms with Crippen LogP contribution in [0.5, 0.6) is 11.8 Å². The van der Waals surface area contributed by atoms with E-state index in [1.165, 1.54) is 16.8 Å². The largest absolute Gasteiger partial charge is 0.418 e. The average molecular weight is 454 g/mol. The number of anilines is 1. The summed E-state index contributed by atoms with van der Waals surface area (Å²) >= 11 is 0. The average Bonchev–Trinajstić information content (AvgIpc) is 3.35. The van der Waals surface area contributed by atoms with Crippen molar-refractivity contribution in [2.75, 3.05) is 5.73 Å². The van der Waals surface area contributed by atoms with Crippen molar-refractivity contribution in [2.45, 2.75) is 19.8 Å². The summed E-state index contributed by atoms with van der Waals surface area (Å²) in [5.41, 5.74) is 8.43. The molecule has 1 aromatic carbocycles. The molecule has 0 aliphatic carbocycles. The lowest BCUT2D eigenvalue weighted by Crippen LogP contribution is -2.19. The Morgan fingerprint density at radius 2 is 1.88 bits per heavy atom. The maximum atomic E-state index is 11.2. The standard InChI is InChI=1S/C21H14N10O3/c1-9-15-16(11-3-5-12(6-4-11)31(32)33)17-19(30-18(24)13(7-22)14(8-23)29-30)25-10(2)26-20(17)34-21(15)28-27-9/h3-6,16H,24H2,1-2H3,(H,27,28). The molecule has 4 heterocycles. The van der Waals surface area contributed by atoms with Crippen LogP contribution in [0.2, 0.25) is 0 Å². The van der Waals surface area contributed by atoms with Gasteiger partial charge in [0.25, 0.3) is 5.69 Å². The van der Waals surface area contributed by atoms with Crippen LogP contribution in [0.1, 0.15) is 45.4 Å².